The Morgan fingerprint density at radius 3 is 2.69 bits per heavy atom. The van der Waals surface area contributed by atoms with E-state index in [0.717, 1.165) is 24.1 Å². The van der Waals surface area contributed by atoms with Gasteiger partial charge in [-0.3, -0.25) is 0 Å². The van der Waals surface area contributed by atoms with E-state index in [2.05, 4.69) is 11.2 Å². The van der Waals surface area contributed by atoms with Crippen molar-refractivity contribution in [3.63, 3.8) is 0 Å². The highest BCUT2D eigenvalue weighted by Gasteiger charge is 2.46. The van der Waals surface area contributed by atoms with Gasteiger partial charge >= 0.3 is 0 Å². The zero-order chi connectivity index (χ0) is 11.3. The average molecular weight is 237 g/mol. The Kier molecular flexibility index (Phi) is 4.61. The Labute approximate surface area is 104 Å². The molecule has 2 fully saturated rings. The van der Waals surface area contributed by atoms with Gasteiger partial charge in [0.15, 0.2) is 0 Å². The first-order chi connectivity index (χ1) is 7.87. The second-order valence-electron chi connectivity index (χ2n) is 5.23. The second-order valence-corrected chi connectivity index (χ2v) is 6.33. The molecule has 2 rings (SSSR count). The van der Waals surface area contributed by atoms with Gasteiger partial charge in [0.25, 0.3) is 0 Å². The molecule has 2 heteroatoms. The third-order valence-electron chi connectivity index (χ3n) is 4.34. The zero-order valence-electron chi connectivity index (χ0n) is 10.1. The van der Waals surface area contributed by atoms with Crippen LogP contribution in [0.5, 0.6) is 0 Å². The molecule has 0 aromatic carbocycles. The fourth-order valence-electron chi connectivity index (χ4n) is 3.31. The van der Waals surface area contributed by atoms with Crippen molar-refractivity contribution < 1.29 is 0 Å². The van der Waals surface area contributed by atoms with Gasteiger partial charge < -0.3 is 5.32 Å². The normalized spacial score (nSPS) is 27.3. The van der Waals surface area contributed by atoms with Crippen LogP contribution in [0.15, 0.2) is 0 Å². The Balaban J connectivity index is 1.64. The smallest absolute Gasteiger partial charge is 0.0545 e. The summed E-state index contributed by atoms with van der Waals surface area (Å²) >= 11 is 1.87. The summed E-state index contributed by atoms with van der Waals surface area (Å²) in [5.74, 6) is 4.70. The fraction of sp³-hybridized carbons (Fsp3) is 0.857. The summed E-state index contributed by atoms with van der Waals surface area (Å²) in [5.41, 5.74) is 0.703. The molecule has 1 nitrogen and oxygen atoms in total. The molecule has 0 aromatic heterocycles. The van der Waals surface area contributed by atoms with Crippen LogP contribution in [0.1, 0.15) is 44.9 Å². The number of hydrogen-bond donors (Lipinski definition) is 1. The molecule has 0 aromatic rings. The Hall–Kier alpha value is -0.130. The Morgan fingerprint density at radius 1 is 1.25 bits per heavy atom. The highest BCUT2D eigenvalue weighted by molar-refractivity contribution is 7.99. The molecule has 2 saturated carbocycles. The van der Waals surface area contributed by atoms with Crippen LogP contribution in [0.4, 0.5) is 0 Å². The van der Waals surface area contributed by atoms with Crippen molar-refractivity contribution in [2.45, 2.75) is 51.0 Å². The molecule has 0 aliphatic heterocycles. The molecule has 2 aliphatic rings. The van der Waals surface area contributed by atoms with Crippen LogP contribution in [0.2, 0.25) is 0 Å². The highest BCUT2D eigenvalue weighted by Crippen LogP contribution is 2.51. The number of terminal acetylenes is 1. The molecule has 1 spiro atoms. The second kappa shape index (κ2) is 5.98. The van der Waals surface area contributed by atoms with E-state index in [1.54, 1.807) is 0 Å². The number of nitrogens with one attached hydrogen (secondary N) is 1. The van der Waals surface area contributed by atoms with Crippen molar-refractivity contribution in [2.24, 2.45) is 5.41 Å². The van der Waals surface area contributed by atoms with E-state index in [4.69, 9.17) is 6.42 Å². The first-order valence-electron chi connectivity index (χ1n) is 6.62. The van der Waals surface area contributed by atoms with E-state index in [1.165, 1.54) is 44.9 Å². The molecule has 1 unspecified atom stereocenters. The van der Waals surface area contributed by atoms with Crippen LogP contribution in [0, 0.1) is 17.8 Å². The lowest BCUT2D eigenvalue weighted by Crippen LogP contribution is -2.54. The predicted molar refractivity (Wildman–Crippen MR) is 72.7 cm³/mol. The number of hydrogen-bond acceptors (Lipinski definition) is 2. The molecule has 1 atom stereocenters. The van der Waals surface area contributed by atoms with E-state index in [-0.39, 0.29) is 0 Å². The predicted octanol–water partition coefficient (Wildman–Crippen LogP) is 3.06. The van der Waals surface area contributed by atoms with Gasteiger partial charge in [-0.1, -0.05) is 25.2 Å². The summed E-state index contributed by atoms with van der Waals surface area (Å²) < 4.78 is 0. The van der Waals surface area contributed by atoms with Crippen molar-refractivity contribution in [3.8, 4) is 12.3 Å². The lowest BCUT2D eigenvalue weighted by atomic mass is 9.57. The van der Waals surface area contributed by atoms with E-state index in [9.17, 15) is 0 Å². The fourth-order valence-corrected chi connectivity index (χ4v) is 3.83. The topological polar surface area (TPSA) is 12.0 Å². The zero-order valence-corrected chi connectivity index (χ0v) is 11.0. The maximum Gasteiger partial charge on any atom is 0.0545 e. The first-order valence-corrected chi connectivity index (χ1v) is 7.77. The van der Waals surface area contributed by atoms with Crippen LogP contribution < -0.4 is 5.32 Å². The maximum absolute atomic E-state index is 5.23. The summed E-state index contributed by atoms with van der Waals surface area (Å²) in [6.45, 7) is 1.14. The highest BCUT2D eigenvalue weighted by atomic mass is 32.2. The third kappa shape index (κ3) is 2.76. The van der Waals surface area contributed by atoms with Crippen molar-refractivity contribution in [2.75, 3.05) is 18.1 Å². The Bertz CT molecular complexity index is 250. The third-order valence-corrected chi connectivity index (χ3v) is 5.21. The lowest BCUT2D eigenvalue weighted by molar-refractivity contribution is 0.0244. The van der Waals surface area contributed by atoms with Crippen molar-refractivity contribution in [1.29, 1.82) is 0 Å². The minimum Gasteiger partial charge on any atom is -0.313 e. The van der Waals surface area contributed by atoms with Gasteiger partial charge in [-0.05, 0) is 31.1 Å². The molecule has 0 radical (unpaired) electrons. The average Bonchev–Trinajstić information content (AvgIpc) is 2.33. The maximum atomic E-state index is 5.23. The molecule has 0 saturated heterocycles. The van der Waals surface area contributed by atoms with Gasteiger partial charge in [0, 0.05) is 18.3 Å². The molecule has 2 aliphatic carbocycles. The molecule has 90 valence electrons. The number of thioether (sulfide) groups is 1. The molecule has 0 amide bonds. The van der Waals surface area contributed by atoms with Crippen LogP contribution in [0.3, 0.4) is 0 Å². The SMILES string of the molecule is C#CCSCCNC1CCC12CCCCC2. The summed E-state index contributed by atoms with van der Waals surface area (Å²) in [7, 11) is 0. The molecule has 0 heterocycles. The largest absolute Gasteiger partial charge is 0.313 e. The van der Waals surface area contributed by atoms with Crippen LogP contribution in [0.25, 0.3) is 0 Å². The van der Waals surface area contributed by atoms with E-state index in [0.29, 0.717) is 5.41 Å². The number of rotatable bonds is 5. The van der Waals surface area contributed by atoms with Crippen LogP contribution in [-0.2, 0) is 0 Å². The van der Waals surface area contributed by atoms with Gasteiger partial charge in [0.05, 0.1) is 5.75 Å². The summed E-state index contributed by atoms with van der Waals surface area (Å²) in [6.07, 6.45) is 15.4. The quantitative estimate of drug-likeness (QED) is 0.582. The summed E-state index contributed by atoms with van der Waals surface area (Å²) in [5, 5.41) is 3.75. The standard InChI is InChI=1S/C14H23NS/c1-2-11-16-12-10-15-13-6-9-14(13)7-4-3-5-8-14/h1,13,15H,3-12H2. The molecule has 16 heavy (non-hydrogen) atoms. The summed E-state index contributed by atoms with van der Waals surface area (Å²) in [6, 6.07) is 0.819. The van der Waals surface area contributed by atoms with Crippen molar-refractivity contribution >= 4 is 11.8 Å². The van der Waals surface area contributed by atoms with Gasteiger partial charge in [0.2, 0.25) is 0 Å². The Morgan fingerprint density at radius 2 is 2.06 bits per heavy atom. The minimum absolute atomic E-state index is 0.703. The molecule has 1 N–H and O–H groups in total. The van der Waals surface area contributed by atoms with Crippen LogP contribution in [-0.4, -0.2) is 24.1 Å². The molecular weight excluding hydrogens is 214 g/mol. The monoisotopic (exact) mass is 237 g/mol. The van der Waals surface area contributed by atoms with E-state index < -0.39 is 0 Å². The van der Waals surface area contributed by atoms with Gasteiger partial charge in [-0.25, -0.2) is 0 Å². The van der Waals surface area contributed by atoms with E-state index in [1.807, 2.05) is 11.8 Å². The van der Waals surface area contributed by atoms with Crippen LogP contribution >= 0.6 is 11.8 Å². The molecular formula is C14H23NS. The van der Waals surface area contributed by atoms with Gasteiger partial charge in [-0.2, -0.15) is 0 Å². The first kappa shape index (κ1) is 12.3. The summed E-state index contributed by atoms with van der Waals surface area (Å²) in [4.78, 5) is 0. The van der Waals surface area contributed by atoms with E-state index >= 15 is 0 Å². The lowest BCUT2D eigenvalue weighted by Gasteiger charge is -2.52. The van der Waals surface area contributed by atoms with Gasteiger partial charge in [0.1, 0.15) is 0 Å². The minimum atomic E-state index is 0.703. The van der Waals surface area contributed by atoms with Gasteiger partial charge in [-0.15, -0.1) is 18.2 Å². The molecule has 0 bridgehead atoms. The van der Waals surface area contributed by atoms with Crippen molar-refractivity contribution in [1.82, 2.24) is 5.32 Å². The van der Waals surface area contributed by atoms with Crippen molar-refractivity contribution in [3.05, 3.63) is 0 Å².